The van der Waals surface area contributed by atoms with Gasteiger partial charge in [-0.2, -0.15) is 0 Å². The lowest BCUT2D eigenvalue weighted by Crippen LogP contribution is -2.19. The van der Waals surface area contributed by atoms with Crippen molar-refractivity contribution in [1.29, 1.82) is 0 Å². The number of amides is 1. The second-order valence-corrected chi connectivity index (χ2v) is 8.26. The van der Waals surface area contributed by atoms with E-state index in [4.69, 9.17) is 9.47 Å². The molecule has 9 nitrogen and oxygen atoms in total. The molecule has 1 amide bonds. The van der Waals surface area contributed by atoms with E-state index >= 15 is 0 Å². The van der Waals surface area contributed by atoms with Gasteiger partial charge in [0.1, 0.15) is 5.82 Å². The monoisotopic (exact) mass is 439 g/mol. The minimum Gasteiger partial charge on any atom is -0.466 e. The molecular formula is C18H25N5O4S2. The van der Waals surface area contributed by atoms with E-state index in [0.29, 0.717) is 24.0 Å². The molecule has 3 rings (SSSR count). The molecule has 0 spiro atoms. The number of thioether (sulfide) groups is 1. The first kappa shape index (κ1) is 21.7. The molecular weight excluding hydrogens is 414 g/mol. The Balaban J connectivity index is 1.52. The number of hydrogen-bond donors (Lipinski definition) is 1. The number of hydrogen-bond acceptors (Lipinski definition) is 9. The van der Waals surface area contributed by atoms with E-state index in [1.54, 1.807) is 12.3 Å². The molecule has 1 aliphatic rings. The SMILES string of the molecule is CCOC(=O)Cc1csc(NC(=O)CSc2nnc(CC)n2CC2CCCO2)n1. The molecule has 0 bridgehead atoms. The van der Waals surface area contributed by atoms with Crippen molar-refractivity contribution < 1.29 is 19.1 Å². The van der Waals surface area contributed by atoms with Gasteiger partial charge < -0.3 is 19.4 Å². The Bertz CT molecular complexity index is 832. The van der Waals surface area contributed by atoms with Gasteiger partial charge in [0.2, 0.25) is 5.91 Å². The van der Waals surface area contributed by atoms with Crippen LogP contribution in [0, 0.1) is 0 Å². The summed E-state index contributed by atoms with van der Waals surface area (Å²) >= 11 is 2.62. The van der Waals surface area contributed by atoms with E-state index in [9.17, 15) is 9.59 Å². The van der Waals surface area contributed by atoms with Crippen LogP contribution >= 0.6 is 23.1 Å². The predicted octanol–water partition coefficient (Wildman–Crippen LogP) is 2.31. The lowest BCUT2D eigenvalue weighted by atomic mass is 10.2. The third-order valence-corrected chi connectivity index (χ3v) is 6.05. The van der Waals surface area contributed by atoms with Crippen molar-refractivity contribution in [3.8, 4) is 0 Å². The molecule has 0 aliphatic carbocycles. The van der Waals surface area contributed by atoms with E-state index in [-0.39, 0.29) is 30.2 Å². The van der Waals surface area contributed by atoms with E-state index < -0.39 is 0 Å². The third kappa shape index (κ3) is 6.25. The Morgan fingerprint density at radius 2 is 2.28 bits per heavy atom. The highest BCUT2D eigenvalue weighted by atomic mass is 32.2. The maximum atomic E-state index is 12.3. The molecule has 1 N–H and O–H groups in total. The summed E-state index contributed by atoms with van der Waals surface area (Å²) in [6.45, 7) is 5.64. The molecule has 158 valence electrons. The van der Waals surface area contributed by atoms with Gasteiger partial charge in [0.25, 0.3) is 0 Å². The fourth-order valence-corrected chi connectivity index (χ4v) is 4.45. The summed E-state index contributed by atoms with van der Waals surface area (Å²) in [5, 5.41) is 14.2. The zero-order valence-corrected chi connectivity index (χ0v) is 18.2. The molecule has 1 atom stereocenters. The Morgan fingerprint density at radius 3 is 3.00 bits per heavy atom. The largest absolute Gasteiger partial charge is 0.466 e. The maximum absolute atomic E-state index is 12.3. The quantitative estimate of drug-likeness (QED) is 0.444. The number of thiazole rings is 1. The first-order chi connectivity index (χ1) is 14.1. The number of aromatic nitrogens is 4. The molecule has 1 fully saturated rings. The summed E-state index contributed by atoms with van der Waals surface area (Å²) < 4.78 is 12.7. The normalized spacial score (nSPS) is 16.1. The van der Waals surface area contributed by atoms with Gasteiger partial charge in [-0.25, -0.2) is 4.98 Å². The number of carbonyl (C=O) groups is 2. The second kappa shape index (κ2) is 10.7. The number of anilines is 1. The van der Waals surface area contributed by atoms with Crippen molar-refractivity contribution in [2.24, 2.45) is 0 Å². The van der Waals surface area contributed by atoms with Crippen LogP contribution in [0.3, 0.4) is 0 Å². The molecule has 0 radical (unpaired) electrons. The van der Waals surface area contributed by atoms with Gasteiger partial charge in [-0.15, -0.1) is 21.5 Å². The molecule has 29 heavy (non-hydrogen) atoms. The van der Waals surface area contributed by atoms with Crippen LogP contribution in [-0.2, 0) is 38.4 Å². The topological polar surface area (TPSA) is 108 Å². The van der Waals surface area contributed by atoms with Crippen LogP contribution in [0.15, 0.2) is 10.5 Å². The van der Waals surface area contributed by atoms with Gasteiger partial charge in [0.05, 0.1) is 37.1 Å². The van der Waals surface area contributed by atoms with Crippen LogP contribution in [0.4, 0.5) is 5.13 Å². The Hall–Kier alpha value is -1.98. The highest BCUT2D eigenvalue weighted by Gasteiger charge is 2.21. The van der Waals surface area contributed by atoms with Crippen LogP contribution in [0.2, 0.25) is 0 Å². The minimum atomic E-state index is -0.330. The fraction of sp³-hybridized carbons (Fsp3) is 0.611. The molecule has 2 aromatic heterocycles. The average molecular weight is 440 g/mol. The van der Waals surface area contributed by atoms with Gasteiger partial charge in [-0.05, 0) is 19.8 Å². The predicted molar refractivity (Wildman–Crippen MR) is 110 cm³/mol. The molecule has 1 unspecified atom stereocenters. The van der Waals surface area contributed by atoms with Crippen molar-refractivity contribution in [3.63, 3.8) is 0 Å². The van der Waals surface area contributed by atoms with Gasteiger partial charge in [0.15, 0.2) is 10.3 Å². The molecule has 0 aromatic carbocycles. The third-order valence-electron chi connectivity index (χ3n) is 4.28. The number of esters is 1. The van der Waals surface area contributed by atoms with Crippen LogP contribution in [0.5, 0.6) is 0 Å². The van der Waals surface area contributed by atoms with E-state index in [1.165, 1.54) is 23.1 Å². The van der Waals surface area contributed by atoms with Crippen molar-refractivity contribution >= 4 is 40.1 Å². The standard InChI is InChI=1S/C18H25N5O4S2/c1-3-14-21-22-18(23(14)9-13-6-5-7-27-13)29-11-15(24)20-17-19-12(10-28-17)8-16(25)26-4-2/h10,13H,3-9,11H2,1-2H3,(H,19,20,24). The van der Waals surface area contributed by atoms with Gasteiger partial charge in [-0.1, -0.05) is 18.7 Å². The fourth-order valence-electron chi connectivity index (χ4n) is 2.95. The van der Waals surface area contributed by atoms with Crippen molar-refractivity contribution in [3.05, 3.63) is 16.9 Å². The first-order valence-electron chi connectivity index (χ1n) is 9.65. The zero-order valence-electron chi connectivity index (χ0n) is 16.5. The van der Waals surface area contributed by atoms with Crippen LogP contribution in [0.25, 0.3) is 0 Å². The average Bonchev–Trinajstić information content (AvgIpc) is 3.43. The highest BCUT2D eigenvalue weighted by molar-refractivity contribution is 7.99. The lowest BCUT2D eigenvalue weighted by molar-refractivity contribution is -0.142. The molecule has 2 aromatic rings. The zero-order chi connectivity index (χ0) is 20.6. The second-order valence-electron chi connectivity index (χ2n) is 6.46. The molecule has 0 saturated carbocycles. The molecule has 3 heterocycles. The van der Waals surface area contributed by atoms with Crippen LogP contribution in [0.1, 0.15) is 38.2 Å². The highest BCUT2D eigenvalue weighted by Crippen LogP contribution is 2.22. The smallest absolute Gasteiger partial charge is 0.311 e. The Morgan fingerprint density at radius 1 is 1.41 bits per heavy atom. The number of carbonyl (C=O) groups excluding carboxylic acids is 2. The number of ether oxygens (including phenoxy) is 2. The van der Waals surface area contributed by atoms with Gasteiger partial charge in [0, 0.05) is 18.4 Å². The molecule has 11 heteroatoms. The lowest BCUT2D eigenvalue weighted by Gasteiger charge is -2.14. The number of nitrogens with zero attached hydrogens (tertiary/aromatic N) is 4. The van der Waals surface area contributed by atoms with Crippen LogP contribution < -0.4 is 5.32 Å². The minimum absolute atomic E-state index is 0.0983. The summed E-state index contributed by atoms with van der Waals surface area (Å²) in [7, 11) is 0. The Labute approximate surface area is 177 Å². The van der Waals surface area contributed by atoms with Crippen molar-refractivity contribution in [2.45, 2.75) is 57.3 Å². The summed E-state index contributed by atoms with van der Waals surface area (Å²) in [5.74, 6) is 0.576. The van der Waals surface area contributed by atoms with E-state index in [0.717, 1.165) is 36.9 Å². The van der Waals surface area contributed by atoms with Gasteiger partial charge in [-0.3, -0.25) is 9.59 Å². The first-order valence-corrected chi connectivity index (χ1v) is 11.5. The number of nitrogens with one attached hydrogen (secondary N) is 1. The summed E-state index contributed by atoms with van der Waals surface area (Å²) in [5.41, 5.74) is 0.584. The maximum Gasteiger partial charge on any atom is 0.311 e. The Kier molecular flexibility index (Phi) is 8.01. The number of aryl methyl sites for hydroxylation is 1. The van der Waals surface area contributed by atoms with Crippen molar-refractivity contribution in [2.75, 3.05) is 24.3 Å². The summed E-state index contributed by atoms with van der Waals surface area (Å²) in [6, 6.07) is 0. The molecule has 1 saturated heterocycles. The summed E-state index contributed by atoms with van der Waals surface area (Å²) in [4.78, 5) is 28.1. The van der Waals surface area contributed by atoms with Crippen LogP contribution in [-0.4, -0.2) is 56.7 Å². The molecule has 1 aliphatic heterocycles. The van der Waals surface area contributed by atoms with E-state index in [2.05, 4.69) is 25.1 Å². The summed E-state index contributed by atoms with van der Waals surface area (Å²) in [6.07, 6.45) is 3.16. The van der Waals surface area contributed by atoms with Gasteiger partial charge >= 0.3 is 5.97 Å². The van der Waals surface area contributed by atoms with E-state index in [1.807, 2.05) is 6.92 Å². The van der Waals surface area contributed by atoms with Crippen molar-refractivity contribution in [1.82, 2.24) is 19.7 Å². The number of rotatable bonds is 10.